The number of amides is 3. The Balaban J connectivity index is 1.24. The van der Waals surface area contributed by atoms with Crippen LogP contribution in [0.1, 0.15) is 52.9 Å². The summed E-state index contributed by atoms with van der Waals surface area (Å²) in [4.78, 5) is 47.1. The second-order valence-electron chi connectivity index (χ2n) is 13.4. The molecule has 3 aromatic carbocycles. The van der Waals surface area contributed by atoms with Crippen LogP contribution in [0.4, 0.5) is 5.69 Å². The average Bonchev–Trinajstić information content (AvgIpc) is 3.65. The van der Waals surface area contributed by atoms with E-state index in [1.165, 1.54) is 17.9 Å². The van der Waals surface area contributed by atoms with Crippen molar-refractivity contribution in [2.24, 2.45) is 5.92 Å². The number of methoxy groups -OCH3 is 1. The molecule has 0 radical (unpaired) electrons. The lowest BCUT2D eigenvalue weighted by molar-refractivity contribution is -0.138. The zero-order valence-corrected chi connectivity index (χ0v) is 30.7. The van der Waals surface area contributed by atoms with Crippen molar-refractivity contribution < 1.29 is 32.3 Å². The van der Waals surface area contributed by atoms with Gasteiger partial charge in [-0.2, -0.15) is 0 Å². The van der Waals surface area contributed by atoms with Crippen LogP contribution in [-0.2, 0) is 24.4 Å². The summed E-state index contributed by atoms with van der Waals surface area (Å²) in [6, 6.07) is 22.5. The summed E-state index contributed by atoms with van der Waals surface area (Å²) in [5.74, 6) is -0.731. The molecule has 1 aliphatic heterocycles. The molecule has 0 bridgehead atoms. The lowest BCUT2D eigenvalue weighted by Gasteiger charge is -2.26. The Kier molecular flexibility index (Phi) is 10.7. The normalized spacial score (nSPS) is 21.0. The maximum Gasteiger partial charge on any atom is 0.266 e. The van der Waals surface area contributed by atoms with Crippen LogP contribution < -0.4 is 24.8 Å². The van der Waals surface area contributed by atoms with Crippen molar-refractivity contribution in [2.75, 3.05) is 25.5 Å². The zero-order valence-electron chi connectivity index (χ0n) is 29.8. The molecule has 2 fully saturated rings. The molecule has 1 aliphatic carbocycles. The van der Waals surface area contributed by atoms with Gasteiger partial charge in [0.2, 0.25) is 11.8 Å². The fourth-order valence-corrected chi connectivity index (χ4v) is 8.23. The van der Waals surface area contributed by atoms with Gasteiger partial charge < -0.3 is 25.0 Å². The summed E-state index contributed by atoms with van der Waals surface area (Å²) < 4.78 is 41.4. The minimum Gasteiger partial charge on any atom is -0.497 e. The highest BCUT2D eigenvalue weighted by molar-refractivity contribution is 7.90. The van der Waals surface area contributed by atoms with Gasteiger partial charge in [0.15, 0.2) is 0 Å². The van der Waals surface area contributed by atoms with Crippen LogP contribution in [0, 0.1) is 5.92 Å². The number of carbonyl (C=O) groups is 3. The molecule has 0 unspecified atom stereocenters. The lowest BCUT2D eigenvalue weighted by atomic mass is 10.1. The van der Waals surface area contributed by atoms with Crippen molar-refractivity contribution in [1.29, 1.82) is 0 Å². The first-order valence-electron chi connectivity index (χ1n) is 17.7. The van der Waals surface area contributed by atoms with Crippen LogP contribution in [0.5, 0.6) is 11.5 Å². The second-order valence-corrected chi connectivity index (χ2v) is 15.1. The van der Waals surface area contributed by atoms with E-state index in [1.807, 2.05) is 68.4 Å². The maximum atomic E-state index is 14.1. The number of fused-ring (bicyclic) bond motifs is 1. The van der Waals surface area contributed by atoms with Gasteiger partial charge in [-0.15, -0.1) is 0 Å². The summed E-state index contributed by atoms with van der Waals surface area (Å²) in [6.07, 6.45) is 2.02. The third kappa shape index (κ3) is 7.55. The number of hydrogen-bond acceptors (Lipinski definition) is 9. The molecule has 2 heterocycles. The van der Waals surface area contributed by atoms with Gasteiger partial charge in [0.05, 0.1) is 30.6 Å². The first-order valence-corrected chi connectivity index (χ1v) is 19.2. The van der Waals surface area contributed by atoms with Crippen molar-refractivity contribution in [2.45, 2.75) is 75.5 Å². The molecule has 1 saturated heterocycles. The second kappa shape index (κ2) is 15.2. The molecule has 6 rings (SSSR count). The van der Waals surface area contributed by atoms with Crippen molar-refractivity contribution in [3.8, 4) is 22.8 Å². The van der Waals surface area contributed by atoms with Gasteiger partial charge >= 0.3 is 0 Å². The van der Waals surface area contributed by atoms with Crippen LogP contribution in [0.25, 0.3) is 22.2 Å². The Bertz CT molecular complexity index is 2080. The summed E-state index contributed by atoms with van der Waals surface area (Å²) in [5.41, 5.74) is 1.19. The maximum absolute atomic E-state index is 14.1. The van der Waals surface area contributed by atoms with Crippen molar-refractivity contribution in [3.05, 3.63) is 78.9 Å². The largest absolute Gasteiger partial charge is 0.497 e. The number of nitrogens with zero attached hydrogens (tertiary/aromatic N) is 2. The van der Waals surface area contributed by atoms with Gasteiger partial charge in [0, 0.05) is 43.0 Å². The fourth-order valence-electron chi connectivity index (χ4n) is 7.01. The number of anilines is 1. The fraction of sp³-hybridized carbons (Fsp3) is 0.385. The Hall–Kier alpha value is -5.17. The van der Waals surface area contributed by atoms with Gasteiger partial charge in [-0.05, 0) is 49.4 Å². The van der Waals surface area contributed by atoms with E-state index in [2.05, 4.69) is 15.4 Å². The molecule has 52 heavy (non-hydrogen) atoms. The third-order valence-electron chi connectivity index (χ3n) is 9.77. The van der Waals surface area contributed by atoms with Gasteiger partial charge in [-0.1, -0.05) is 62.7 Å². The van der Waals surface area contributed by atoms with Crippen molar-refractivity contribution in [3.63, 3.8) is 0 Å². The number of nitrogens with one attached hydrogen (secondary N) is 3. The molecule has 274 valence electrons. The third-order valence-corrected chi connectivity index (χ3v) is 11.2. The molecular formula is C39H45N5O7S. The summed E-state index contributed by atoms with van der Waals surface area (Å²) in [6.45, 7) is 6.01. The van der Waals surface area contributed by atoms with E-state index in [0.717, 1.165) is 23.8 Å². The van der Waals surface area contributed by atoms with E-state index in [4.69, 9.17) is 14.5 Å². The molecule has 4 atom stereocenters. The van der Waals surface area contributed by atoms with Crippen LogP contribution in [0.2, 0.25) is 0 Å². The van der Waals surface area contributed by atoms with Crippen LogP contribution in [-0.4, -0.2) is 73.9 Å². The molecular weight excluding hydrogens is 683 g/mol. The minimum atomic E-state index is -4.28. The number of likely N-dealkylation sites (tertiary alicyclic amines) is 1. The number of para-hydroxylation sites is 1. The summed E-state index contributed by atoms with van der Waals surface area (Å²) in [5, 5.41) is 6.75. The van der Waals surface area contributed by atoms with Gasteiger partial charge in [-0.3, -0.25) is 14.4 Å². The van der Waals surface area contributed by atoms with Crippen LogP contribution in [0.15, 0.2) is 83.8 Å². The minimum absolute atomic E-state index is 0.0537. The van der Waals surface area contributed by atoms with Crippen LogP contribution in [0.3, 0.4) is 0 Å². The van der Waals surface area contributed by atoms with E-state index < -0.39 is 39.5 Å². The molecule has 3 N–H and O–H groups in total. The van der Waals surface area contributed by atoms with Crippen molar-refractivity contribution >= 4 is 44.3 Å². The molecule has 0 spiro atoms. The number of sulfonamides is 1. The van der Waals surface area contributed by atoms with Crippen molar-refractivity contribution in [1.82, 2.24) is 19.9 Å². The number of pyridine rings is 1. The smallest absolute Gasteiger partial charge is 0.266 e. The van der Waals surface area contributed by atoms with E-state index in [-0.39, 0.29) is 36.1 Å². The van der Waals surface area contributed by atoms with E-state index >= 15 is 0 Å². The predicted molar refractivity (Wildman–Crippen MR) is 198 cm³/mol. The molecule has 2 aliphatic rings. The molecule has 1 saturated carbocycles. The van der Waals surface area contributed by atoms with E-state index in [9.17, 15) is 22.8 Å². The average molecular weight is 728 g/mol. The number of ether oxygens (including phenoxy) is 2. The van der Waals surface area contributed by atoms with E-state index in [1.54, 1.807) is 25.3 Å². The molecule has 3 amide bonds. The van der Waals surface area contributed by atoms with Gasteiger partial charge in [0.25, 0.3) is 15.9 Å². The standard InChI is InChI=1S/C39H45N5O7S/c1-5-12-27-23-39(27,38(47)43-52(48,49)36-16-11-10-15-31(36)40-19-6-2)42-37(46)34-21-29(24-44(34)25(3)45)51-35-22-32(26-13-8-7-9-14-26)41-33-20-28(50-4)17-18-30(33)35/h7-11,13-18,20,22,27,29,34,40H,5-6,12,19,21,23-24H2,1-4H3,(H,42,46)(H,43,47)/t27-,29-,34+,39-/m1/s1. The highest BCUT2D eigenvalue weighted by Crippen LogP contribution is 2.47. The number of benzene rings is 3. The molecule has 12 nitrogen and oxygen atoms in total. The zero-order chi connectivity index (χ0) is 37.0. The quantitative estimate of drug-likeness (QED) is 0.157. The van der Waals surface area contributed by atoms with Crippen LogP contribution >= 0.6 is 0 Å². The lowest BCUT2D eigenvalue weighted by Crippen LogP contribution is -2.56. The highest BCUT2D eigenvalue weighted by atomic mass is 32.2. The predicted octanol–water partition coefficient (Wildman–Crippen LogP) is 5.28. The Labute approximate surface area is 304 Å². The number of carbonyl (C=O) groups excluding carboxylic acids is 3. The van der Waals surface area contributed by atoms with Gasteiger partial charge in [-0.25, -0.2) is 18.1 Å². The highest BCUT2D eigenvalue weighted by Gasteiger charge is 2.62. The number of rotatable bonds is 14. The first kappa shape index (κ1) is 36.6. The monoisotopic (exact) mass is 727 g/mol. The summed E-state index contributed by atoms with van der Waals surface area (Å²) >= 11 is 0. The first-order chi connectivity index (χ1) is 25.0. The molecule has 13 heteroatoms. The van der Waals surface area contributed by atoms with Gasteiger partial charge in [0.1, 0.15) is 34.1 Å². The Morgan fingerprint density at radius 3 is 2.44 bits per heavy atom. The SMILES string of the molecule is CCCNc1ccccc1S(=O)(=O)NC(=O)[C@@]1(NC(=O)[C@@H]2C[C@@H](Oc3cc(-c4ccccc4)nc4cc(OC)ccc34)CN2C(C)=O)C[C@H]1CCC. The molecule has 4 aromatic rings. The number of hydrogen-bond donors (Lipinski definition) is 3. The Morgan fingerprint density at radius 1 is 0.981 bits per heavy atom. The summed E-state index contributed by atoms with van der Waals surface area (Å²) in [7, 11) is -2.69. The number of aromatic nitrogens is 1. The Morgan fingerprint density at radius 2 is 1.73 bits per heavy atom. The topological polar surface area (TPSA) is 156 Å². The molecule has 1 aromatic heterocycles. The van der Waals surface area contributed by atoms with E-state index in [0.29, 0.717) is 41.4 Å².